The predicted molar refractivity (Wildman–Crippen MR) is 75.7 cm³/mol. The molecule has 0 radical (unpaired) electrons. The number of benzene rings is 1. The molecule has 2 nitrogen and oxygen atoms in total. The molecule has 2 aliphatic rings. The van der Waals surface area contributed by atoms with Crippen molar-refractivity contribution in [3.63, 3.8) is 0 Å². The van der Waals surface area contributed by atoms with Gasteiger partial charge in [0.1, 0.15) is 0 Å². The summed E-state index contributed by atoms with van der Waals surface area (Å²) in [7, 11) is 2.29. The SMILES string of the molecule is CN1CC(C)(C2CC2)NCC1Cc1ccccc1. The normalized spacial score (nSPS) is 33.6. The molecule has 98 valence electrons. The van der Waals surface area contributed by atoms with Gasteiger partial charge in [0, 0.05) is 24.7 Å². The van der Waals surface area contributed by atoms with Crippen LogP contribution in [0, 0.1) is 5.92 Å². The molecule has 18 heavy (non-hydrogen) atoms. The molecule has 1 saturated carbocycles. The van der Waals surface area contributed by atoms with Crippen molar-refractivity contribution < 1.29 is 0 Å². The summed E-state index contributed by atoms with van der Waals surface area (Å²) >= 11 is 0. The maximum Gasteiger partial charge on any atom is 0.0309 e. The molecule has 0 bridgehead atoms. The molecule has 1 aliphatic heterocycles. The van der Waals surface area contributed by atoms with Crippen LogP contribution in [-0.4, -0.2) is 36.6 Å². The number of hydrogen-bond donors (Lipinski definition) is 1. The second kappa shape index (κ2) is 4.67. The molecule has 0 aromatic heterocycles. The zero-order chi connectivity index (χ0) is 12.6. The van der Waals surface area contributed by atoms with Crippen molar-refractivity contribution in [1.29, 1.82) is 0 Å². The number of nitrogens with one attached hydrogen (secondary N) is 1. The Morgan fingerprint density at radius 2 is 2.00 bits per heavy atom. The van der Waals surface area contributed by atoms with E-state index in [-0.39, 0.29) is 0 Å². The summed E-state index contributed by atoms with van der Waals surface area (Å²) in [6.45, 7) is 4.72. The molecule has 0 spiro atoms. The van der Waals surface area contributed by atoms with E-state index < -0.39 is 0 Å². The molecular weight excluding hydrogens is 220 g/mol. The van der Waals surface area contributed by atoms with Crippen LogP contribution in [0.15, 0.2) is 30.3 Å². The lowest BCUT2D eigenvalue weighted by molar-refractivity contribution is 0.0987. The molecular formula is C16H24N2. The van der Waals surface area contributed by atoms with Crippen LogP contribution in [-0.2, 0) is 6.42 Å². The minimum absolute atomic E-state index is 0.363. The van der Waals surface area contributed by atoms with Gasteiger partial charge in [0.25, 0.3) is 0 Å². The van der Waals surface area contributed by atoms with Gasteiger partial charge in [-0.15, -0.1) is 0 Å². The van der Waals surface area contributed by atoms with Crippen molar-refractivity contribution in [1.82, 2.24) is 10.2 Å². The lowest BCUT2D eigenvalue weighted by atomic mass is 9.90. The Balaban J connectivity index is 1.62. The van der Waals surface area contributed by atoms with Crippen LogP contribution < -0.4 is 5.32 Å². The molecule has 0 amide bonds. The largest absolute Gasteiger partial charge is 0.308 e. The van der Waals surface area contributed by atoms with Gasteiger partial charge in [-0.3, -0.25) is 4.90 Å². The topological polar surface area (TPSA) is 15.3 Å². The molecule has 1 saturated heterocycles. The number of piperazine rings is 1. The Labute approximate surface area is 110 Å². The van der Waals surface area contributed by atoms with Gasteiger partial charge < -0.3 is 5.32 Å². The van der Waals surface area contributed by atoms with E-state index in [0.29, 0.717) is 11.6 Å². The lowest BCUT2D eigenvalue weighted by Gasteiger charge is -2.45. The quantitative estimate of drug-likeness (QED) is 0.877. The Morgan fingerprint density at radius 1 is 1.28 bits per heavy atom. The van der Waals surface area contributed by atoms with Gasteiger partial charge in [-0.25, -0.2) is 0 Å². The molecule has 1 heterocycles. The molecule has 1 aromatic rings. The molecule has 2 fully saturated rings. The Hall–Kier alpha value is -0.860. The first-order valence-corrected chi connectivity index (χ1v) is 7.16. The highest BCUT2D eigenvalue weighted by molar-refractivity contribution is 5.17. The Kier molecular flexibility index (Phi) is 3.16. The fraction of sp³-hybridized carbons (Fsp3) is 0.625. The summed E-state index contributed by atoms with van der Waals surface area (Å²) in [6.07, 6.45) is 3.99. The molecule has 3 rings (SSSR count). The van der Waals surface area contributed by atoms with Gasteiger partial charge in [-0.1, -0.05) is 30.3 Å². The van der Waals surface area contributed by atoms with E-state index in [1.165, 1.54) is 24.9 Å². The van der Waals surface area contributed by atoms with E-state index in [0.717, 1.165) is 18.9 Å². The monoisotopic (exact) mass is 244 g/mol. The second-order valence-electron chi connectivity index (χ2n) is 6.33. The molecule has 1 N–H and O–H groups in total. The third-order valence-corrected chi connectivity index (χ3v) is 4.74. The maximum absolute atomic E-state index is 3.82. The first-order chi connectivity index (χ1) is 8.67. The van der Waals surface area contributed by atoms with Gasteiger partial charge in [-0.2, -0.15) is 0 Å². The van der Waals surface area contributed by atoms with Crippen LogP contribution in [0.3, 0.4) is 0 Å². The lowest BCUT2D eigenvalue weighted by Crippen LogP contribution is -2.63. The fourth-order valence-electron chi connectivity index (χ4n) is 3.32. The zero-order valence-electron chi connectivity index (χ0n) is 11.5. The van der Waals surface area contributed by atoms with E-state index in [9.17, 15) is 0 Å². The summed E-state index contributed by atoms with van der Waals surface area (Å²) in [5.41, 5.74) is 1.81. The third kappa shape index (κ3) is 2.45. The van der Waals surface area contributed by atoms with Gasteiger partial charge in [0.2, 0.25) is 0 Å². The predicted octanol–water partition coefficient (Wildman–Crippen LogP) is 2.30. The average molecular weight is 244 g/mol. The van der Waals surface area contributed by atoms with Crippen molar-refractivity contribution in [2.75, 3.05) is 20.1 Å². The molecule has 1 aromatic carbocycles. The number of likely N-dealkylation sites (N-methyl/N-ethyl adjacent to an activating group) is 1. The minimum Gasteiger partial charge on any atom is -0.308 e. The van der Waals surface area contributed by atoms with Crippen LogP contribution in [0.1, 0.15) is 25.3 Å². The van der Waals surface area contributed by atoms with Crippen LogP contribution in [0.4, 0.5) is 0 Å². The maximum atomic E-state index is 3.82. The van der Waals surface area contributed by atoms with E-state index in [1.807, 2.05) is 0 Å². The first-order valence-electron chi connectivity index (χ1n) is 7.16. The van der Waals surface area contributed by atoms with Crippen molar-refractivity contribution in [2.45, 2.75) is 37.8 Å². The zero-order valence-corrected chi connectivity index (χ0v) is 11.5. The van der Waals surface area contributed by atoms with Gasteiger partial charge in [0.05, 0.1) is 0 Å². The number of nitrogens with zero attached hydrogens (tertiary/aromatic N) is 1. The van der Waals surface area contributed by atoms with Crippen molar-refractivity contribution in [3.8, 4) is 0 Å². The molecule has 2 atom stereocenters. The van der Waals surface area contributed by atoms with Crippen LogP contribution in [0.5, 0.6) is 0 Å². The second-order valence-corrected chi connectivity index (χ2v) is 6.33. The average Bonchev–Trinajstić information content (AvgIpc) is 3.19. The van der Waals surface area contributed by atoms with E-state index in [4.69, 9.17) is 0 Å². The highest BCUT2D eigenvalue weighted by Crippen LogP contribution is 2.41. The van der Waals surface area contributed by atoms with E-state index in [1.54, 1.807) is 0 Å². The summed E-state index contributed by atoms with van der Waals surface area (Å²) in [5, 5.41) is 3.82. The van der Waals surface area contributed by atoms with Crippen molar-refractivity contribution in [2.24, 2.45) is 5.92 Å². The van der Waals surface area contributed by atoms with E-state index >= 15 is 0 Å². The fourth-order valence-corrected chi connectivity index (χ4v) is 3.32. The van der Waals surface area contributed by atoms with Crippen LogP contribution in [0.2, 0.25) is 0 Å². The summed E-state index contributed by atoms with van der Waals surface area (Å²) in [5.74, 6) is 0.914. The first kappa shape index (κ1) is 12.2. The van der Waals surface area contributed by atoms with Crippen molar-refractivity contribution >= 4 is 0 Å². The highest BCUT2D eigenvalue weighted by atomic mass is 15.2. The molecule has 2 unspecified atom stereocenters. The van der Waals surface area contributed by atoms with Crippen molar-refractivity contribution in [3.05, 3.63) is 35.9 Å². The number of rotatable bonds is 3. The summed E-state index contributed by atoms with van der Waals surface area (Å²) in [6, 6.07) is 11.5. The minimum atomic E-state index is 0.363. The van der Waals surface area contributed by atoms with Gasteiger partial charge in [-0.05, 0) is 44.7 Å². The van der Waals surface area contributed by atoms with Crippen LogP contribution in [0.25, 0.3) is 0 Å². The summed E-state index contributed by atoms with van der Waals surface area (Å²) in [4.78, 5) is 2.56. The van der Waals surface area contributed by atoms with Gasteiger partial charge in [0.15, 0.2) is 0 Å². The van der Waals surface area contributed by atoms with E-state index in [2.05, 4.69) is 54.5 Å². The standard InChI is InChI=1S/C16H24N2/c1-16(14-8-9-14)12-18(2)15(11-17-16)10-13-6-4-3-5-7-13/h3-7,14-15,17H,8-12H2,1-2H3. The summed E-state index contributed by atoms with van der Waals surface area (Å²) < 4.78 is 0. The molecule has 1 aliphatic carbocycles. The number of hydrogen-bond acceptors (Lipinski definition) is 2. The third-order valence-electron chi connectivity index (χ3n) is 4.74. The van der Waals surface area contributed by atoms with Crippen LogP contribution >= 0.6 is 0 Å². The Morgan fingerprint density at radius 3 is 2.61 bits per heavy atom. The Bertz CT molecular complexity index is 399. The molecule has 2 heteroatoms. The smallest absolute Gasteiger partial charge is 0.0309 e. The van der Waals surface area contributed by atoms with Gasteiger partial charge >= 0.3 is 0 Å². The highest BCUT2D eigenvalue weighted by Gasteiger charge is 2.44.